The van der Waals surface area contributed by atoms with Crippen LogP contribution in [0.1, 0.15) is 5.56 Å². The number of benzene rings is 2. The van der Waals surface area contributed by atoms with Crippen molar-refractivity contribution in [2.24, 2.45) is 0 Å². The smallest absolute Gasteiger partial charge is 0.260 e. The number of hydrogen-bond acceptors (Lipinski definition) is 4. The van der Waals surface area contributed by atoms with Crippen molar-refractivity contribution in [2.75, 3.05) is 40.0 Å². The van der Waals surface area contributed by atoms with Gasteiger partial charge in [-0.3, -0.25) is 9.69 Å². The zero-order valence-electron chi connectivity index (χ0n) is 18.1. The van der Waals surface area contributed by atoms with E-state index in [1.54, 1.807) is 11.7 Å². The summed E-state index contributed by atoms with van der Waals surface area (Å²) in [5.41, 5.74) is 2.94. The van der Waals surface area contributed by atoms with Crippen LogP contribution in [0.3, 0.4) is 0 Å². The number of methoxy groups -OCH3 is 1. The van der Waals surface area contributed by atoms with E-state index in [0.717, 1.165) is 72.5 Å². The molecule has 1 saturated heterocycles. The van der Waals surface area contributed by atoms with Crippen molar-refractivity contribution in [1.29, 1.82) is 0 Å². The highest BCUT2D eigenvalue weighted by Gasteiger charge is 2.19. The SMILES string of the molecule is COc1cccc2c3c(=O)n(Cc4ccc(Cl)cc4)ccc3n(CCN3CCOCC3)c12. The monoisotopic (exact) mass is 451 g/mol. The molecule has 0 atom stereocenters. The molecule has 0 radical (unpaired) electrons. The molecular weight excluding hydrogens is 426 g/mol. The van der Waals surface area contributed by atoms with Crippen LogP contribution in [-0.2, 0) is 17.8 Å². The molecule has 2 aromatic carbocycles. The van der Waals surface area contributed by atoms with Gasteiger partial charge in [0.25, 0.3) is 5.56 Å². The molecular formula is C25H26ClN3O3. The lowest BCUT2D eigenvalue weighted by molar-refractivity contribution is 0.0366. The molecule has 0 amide bonds. The molecule has 7 heteroatoms. The highest BCUT2D eigenvalue weighted by atomic mass is 35.5. The summed E-state index contributed by atoms with van der Waals surface area (Å²) >= 11 is 6.01. The first kappa shape index (κ1) is 21.1. The van der Waals surface area contributed by atoms with Gasteiger partial charge in [0, 0.05) is 42.8 Å². The minimum Gasteiger partial charge on any atom is -0.495 e. The third kappa shape index (κ3) is 3.90. The number of ether oxygens (including phenoxy) is 2. The first-order valence-electron chi connectivity index (χ1n) is 10.9. The average molecular weight is 452 g/mol. The van der Waals surface area contributed by atoms with Gasteiger partial charge in [0.15, 0.2) is 0 Å². The van der Waals surface area contributed by atoms with E-state index in [1.807, 2.05) is 54.7 Å². The number of para-hydroxylation sites is 1. The topological polar surface area (TPSA) is 48.6 Å². The molecule has 0 aliphatic carbocycles. The molecule has 32 heavy (non-hydrogen) atoms. The van der Waals surface area contributed by atoms with Gasteiger partial charge in [-0.15, -0.1) is 0 Å². The molecule has 3 heterocycles. The summed E-state index contributed by atoms with van der Waals surface area (Å²) in [6, 6.07) is 15.6. The van der Waals surface area contributed by atoms with Crippen molar-refractivity contribution in [2.45, 2.75) is 13.1 Å². The van der Waals surface area contributed by atoms with Crippen LogP contribution < -0.4 is 10.3 Å². The van der Waals surface area contributed by atoms with Gasteiger partial charge in [-0.05, 0) is 29.8 Å². The minimum atomic E-state index is 0.000764. The van der Waals surface area contributed by atoms with Crippen molar-refractivity contribution in [1.82, 2.24) is 14.0 Å². The Morgan fingerprint density at radius 1 is 1.03 bits per heavy atom. The molecule has 1 fully saturated rings. The van der Waals surface area contributed by atoms with Crippen molar-refractivity contribution < 1.29 is 9.47 Å². The summed E-state index contributed by atoms with van der Waals surface area (Å²) in [6.07, 6.45) is 1.88. The van der Waals surface area contributed by atoms with Gasteiger partial charge in [-0.2, -0.15) is 0 Å². The summed E-state index contributed by atoms with van der Waals surface area (Å²) in [6.45, 7) is 5.58. The Hall–Kier alpha value is -2.80. The molecule has 0 N–H and O–H groups in total. The largest absolute Gasteiger partial charge is 0.495 e. The van der Waals surface area contributed by atoms with E-state index in [9.17, 15) is 4.79 Å². The van der Waals surface area contributed by atoms with E-state index in [1.165, 1.54) is 0 Å². The Bertz CT molecular complexity index is 1300. The van der Waals surface area contributed by atoms with E-state index in [-0.39, 0.29) is 5.56 Å². The van der Waals surface area contributed by atoms with Gasteiger partial charge in [0.2, 0.25) is 0 Å². The summed E-state index contributed by atoms with van der Waals surface area (Å²) in [5, 5.41) is 2.35. The number of morpholine rings is 1. The lowest BCUT2D eigenvalue weighted by Crippen LogP contribution is -2.38. The fourth-order valence-electron chi connectivity index (χ4n) is 4.54. The van der Waals surface area contributed by atoms with Crippen molar-refractivity contribution >= 4 is 33.4 Å². The Labute approximate surface area is 191 Å². The summed E-state index contributed by atoms with van der Waals surface area (Å²) in [7, 11) is 1.68. The fraction of sp³-hybridized carbons (Fsp3) is 0.320. The first-order chi connectivity index (χ1) is 15.7. The molecule has 0 unspecified atom stereocenters. The van der Waals surface area contributed by atoms with Gasteiger partial charge in [0.1, 0.15) is 5.75 Å². The fourth-order valence-corrected chi connectivity index (χ4v) is 4.67. The molecule has 0 saturated carbocycles. The maximum absolute atomic E-state index is 13.6. The Balaban J connectivity index is 1.60. The van der Waals surface area contributed by atoms with Crippen LogP contribution in [0, 0.1) is 0 Å². The highest BCUT2D eigenvalue weighted by Crippen LogP contribution is 2.33. The predicted octanol–water partition coefficient (Wildman–Crippen LogP) is 4.00. The number of aromatic nitrogens is 2. The molecule has 1 aliphatic rings. The van der Waals surface area contributed by atoms with Crippen LogP contribution >= 0.6 is 11.6 Å². The normalized spacial score (nSPS) is 14.9. The molecule has 166 valence electrons. The van der Waals surface area contributed by atoms with Gasteiger partial charge in [0.05, 0.1) is 43.3 Å². The van der Waals surface area contributed by atoms with E-state index in [0.29, 0.717) is 11.6 Å². The lowest BCUT2D eigenvalue weighted by Gasteiger charge is -2.27. The van der Waals surface area contributed by atoms with Crippen molar-refractivity contribution in [3.8, 4) is 5.75 Å². The Morgan fingerprint density at radius 2 is 1.81 bits per heavy atom. The summed E-state index contributed by atoms with van der Waals surface area (Å²) in [5.74, 6) is 0.782. The quantitative estimate of drug-likeness (QED) is 0.444. The molecule has 0 bridgehead atoms. The van der Waals surface area contributed by atoms with E-state index in [4.69, 9.17) is 21.1 Å². The zero-order valence-corrected chi connectivity index (χ0v) is 18.8. The number of halogens is 1. The van der Waals surface area contributed by atoms with Gasteiger partial charge < -0.3 is 18.6 Å². The Kier molecular flexibility index (Phi) is 5.91. The molecule has 6 nitrogen and oxygen atoms in total. The summed E-state index contributed by atoms with van der Waals surface area (Å²) in [4.78, 5) is 16.0. The molecule has 5 rings (SSSR count). The van der Waals surface area contributed by atoms with Crippen LogP contribution in [0.5, 0.6) is 5.75 Å². The zero-order chi connectivity index (χ0) is 22.1. The van der Waals surface area contributed by atoms with E-state index < -0.39 is 0 Å². The molecule has 4 aromatic rings. The maximum Gasteiger partial charge on any atom is 0.260 e. The average Bonchev–Trinajstić information content (AvgIpc) is 3.16. The van der Waals surface area contributed by atoms with Gasteiger partial charge in [-0.1, -0.05) is 35.9 Å². The maximum atomic E-state index is 13.6. The second kappa shape index (κ2) is 8.98. The minimum absolute atomic E-state index is 0.000764. The Morgan fingerprint density at radius 3 is 2.56 bits per heavy atom. The van der Waals surface area contributed by atoms with Crippen LogP contribution in [0.15, 0.2) is 59.5 Å². The number of hydrogen-bond donors (Lipinski definition) is 0. The van der Waals surface area contributed by atoms with E-state index >= 15 is 0 Å². The standard InChI is InChI=1S/C25H26ClN3O3/c1-31-22-4-2-3-20-23-21(29(24(20)22)12-11-27-13-15-32-16-14-27)9-10-28(25(23)30)17-18-5-7-19(26)8-6-18/h2-10H,11-17H2,1H3. The number of nitrogens with zero attached hydrogens (tertiary/aromatic N) is 3. The number of pyridine rings is 1. The predicted molar refractivity (Wildman–Crippen MR) is 128 cm³/mol. The van der Waals surface area contributed by atoms with Crippen LogP contribution in [0.25, 0.3) is 21.8 Å². The molecule has 0 spiro atoms. The summed E-state index contributed by atoms with van der Waals surface area (Å²) < 4.78 is 15.2. The van der Waals surface area contributed by atoms with Gasteiger partial charge in [-0.25, -0.2) is 0 Å². The van der Waals surface area contributed by atoms with E-state index in [2.05, 4.69) is 9.47 Å². The van der Waals surface area contributed by atoms with Crippen LogP contribution in [0.4, 0.5) is 0 Å². The molecule has 2 aromatic heterocycles. The first-order valence-corrected chi connectivity index (χ1v) is 11.3. The van der Waals surface area contributed by atoms with Crippen molar-refractivity contribution in [3.63, 3.8) is 0 Å². The number of rotatable bonds is 6. The number of fused-ring (bicyclic) bond motifs is 3. The second-order valence-corrected chi connectivity index (χ2v) is 8.53. The van der Waals surface area contributed by atoms with Crippen LogP contribution in [-0.4, -0.2) is 54.0 Å². The molecule has 1 aliphatic heterocycles. The van der Waals surface area contributed by atoms with Crippen molar-refractivity contribution in [3.05, 3.63) is 75.7 Å². The lowest BCUT2D eigenvalue weighted by atomic mass is 10.1. The third-order valence-electron chi connectivity index (χ3n) is 6.20. The third-order valence-corrected chi connectivity index (χ3v) is 6.45. The second-order valence-electron chi connectivity index (χ2n) is 8.10. The highest BCUT2D eigenvalue weighted by molar-refractivity contribution is 6.30. The van der Waals surface area contributed by atoms with Crippen LogP contribution in [0.2, 0.25) is 5.02 Å². The van der Waals surface area contributed by atoms with Gasteiger partial charge >= 0.3 is 0 Å².